The number of carbonyl (C=O) groups excluding carboxylic acids is 1. The van der Waals surface area contributed by atoms with Gasteiger partial charge in [0.25, 0.3) is 0 Å². The lowest BCUT2D eigenvalue weighted by Crippen LogP contribution is -2.17. The Labute approximate surface area is 116 Å². The van der Waals surface area contributed by atoms with Crippen LogP contribution in [0.15, 0.2) is 24.3 Å². The number of halogens is 1. The lowest BCUT2D eigenvalue weighted by Gasteiger charge is -2.15. The molecule has 1 aromatic carbocycles. The minimum absolute atomic E-state index is 0.0945. The number of carbonyl (C=O) groups is 2. The highest BCUT2D eigenvalue weighted by molar-refractivity contribution is 6.30. The van der Waals surface area contributed by atoms with Gasteiger partial charge in [0.2, 0.25) is 0 Å². The molecule has 0 amide bonds. The van der Waals surface area contributed by atoms with E-state index in [4.69, 9.17) is 21.4 Å². The summed E-state index contributed by atoms with van der Waals surface area (Å²) < 4.78 is 5.77. The quantitative estimate of drug-likeness (QED) is 0.666. The van der Waals surface area contributed by atoms with Gasteiger partial charge < -0.3 is 9.84 Å². The van der Waals surface area contributed by atoms with Crippen LogP contribution in [0.2, 0.25) is 0 Å². The van der Waals surface area contributed by atoms with E-state index in [2.05, 4.69) is 0 Å². The first-order valence-corrected chi connectivity index (χ1v) is 6.73. The second-order valence-electron chi connectivity index (χ2n) is 4.64. The summed E-state index contributed by atoms with van der Waals surface area (Å²) in [7, 11) is 0. The minimum Gasteiger partial charge on any atom is -0.490 e. The summed E-state index contributed by atoms with van der Waals surface area (Å²) in [6.45, 7) is 0. The molecule has 1 saturated carbocycles. The van der Waals surface area contributed by atoms with Crippen LogP contribution >= 0.6 is 11.6 Å². The van der Waals surface area contributed by atoms with Gasteiger partial charge in [0.05, 0.1) is 23.5 Å². The van der Waals surface area contributed by atoms with Crippen molar-refractivity contribution in [2.45, 2.75) is 25.4 Å². The molecule has 0 heterocycles. The number of aliphatic carboxylic acids is 1. The van der Waals surface area contributed by atoms with E-state index < -0.39 is 5.97 Å². The van der Waals surface area contributed by atoms with Crippen molar-refractivity contribution in [3.63, 3.8) is 0 Å². The van der Waals surface area contributed by atoms with E-state index in [0.29, 0.717) is 30.6 Å². The lowest BCUT2D eigenvalue weighted by molar-refractivity contribution is -0.141. The molecule has 0 unspecified atom stereocenters. The molecule has 1 aromatic rings. The average molecular weight is 283 g/mol. The standard InChI is InChI=1S/C14H15ClO4/c15-8-12(16)11-3-1-2-4-13(11)19-10-6-5-9(7-10)14(17)18/h1-4,9-10H,5-8H2,(H,17,18)/t9-,10-/m0/s1. The van der Waals surface area contributed by atoms with E-state index in [1.165, 1.54) is 0 Å². The summed E-state index contributed by atoms with van der Waals surface area (Å²) in [6, 6.07) is 6.92. The molecule has 0 spiro atoms. The van der Waals surface area contributed by atoms with Gasteiger partial charge in [0.15, 0.2) is 5.78 Å². The van der Waals surface area contributed by atoms with E-state index in [1.54, 1.807) is 24.3 Å². The van der Waals surface area contributed by atoms with Crippen molar-refractivity contribution in [1.29, 1.82) is 0 Å². The van der Waals surface area contributed by atoms with Crippen molar-refractivity contribution >= 4 is 23.4 Å². The highest BCUT2D eigenvalue weighted by atomic mass is 35.5. The van der Waals surface area contributed by atoms with Crippen LogP contribution in [0.4, 0.5) is 0 Å². The fourth-order valence-electron chi connectivity index (χ4n) is 2.32. The SMILES string of the molecule is O=C(CCl)c1ccccc1O[C@H]1CC[C@H](C(=O)O)C1. The maximum absolute atomic E-state index is 11.7. The van der Waals surface area contributed by atoms with E-state index in [0.717, 1.165) is 0 Å². The van der Waals surface area contributed by atoms with Crippen molar-refractivity contribution in [3.05, 3.63) is 29.8 Å². The Morgan fingerprint density at radius 3 is 2.68 bits per heavy atom. The number of benzene rings is 1. The fraction of sp³-hybridized carbons (Fsp3) is 0.429. The number of carboxylic acids is 1. The Balaban J connectivity index is 2.08. The highest BCUT2D eigenvalue weighted by Gasteiger charge is 2.31. The molecule has 0 radical (unpaired) electrons. The number of hydrogen-bond acceptors (Lipinski definition) is 3. The molecule has 1 aliphatic carbocycles. The molecule has 2 atom stereocenters. The predicted octanol–water partition coefficient (Wildman–Crippen LogP) is 2.74. The van der Waals surface area contributed by atoms with Gasteiger partial charge in [0, 0.05) is 0 Å². The summed E-state index contributed by atoms with van der Waals surface area (Å²) in [4.78, 5) is 22.6. The Morgan fingerprint density at radius 1 is 1.32 bits per heavy atom. The number of ether oxygens (including phenoxy) is 1. The maximum Gasteiger partial charge on any atom is 0.306 e. The first kappa shape index (κ1) is 13.9. The molecule has 0 aromatic heterocycles. The number of hydrogen-bond donors (Lipinski definition) is 1. The molecular formula is C14H15ClO4. The molecule has 5 heteroatoms. The summed E-state index contributed by atoms with van der Waals surface area (Å²) in [5, 5.41) is 8.95. The van der Waals surface area contributed by atoms with Gasteiger partial charge in [-0.25, -0.2) is 0 Å². The third-order valence-electron chi connectivity index (χ3n) is 3.34. The molecule has 0 aliphatic heterocycles. The first-order chi connectivity index (χ1) is 9.11. The number of rotatable bonds is 5. The molecule has 0 bridgehead atoms. The zero-order valence-electron chi connectivity index (χ0n) is 10.3. The van der Waals surface area contributed by atoms with E-state index in [9.17, 15) is 9.59 Å². The van der Waals surface area contributed by atoms with Crippen molar-refractivity contribution < 1.29 is 19.4 Å². The second-order valence-corrected chi connectivity index (χ2v) is 4.91. The van der Waals surface area contributed by atoms with Gasteiger partial charge >= 0.3 is 5.97 Å². The van der Waals surface area contributed by atoms with Crippen LogP contribution in [0.25, 0.3) is 0 Å². The zero-order valence-corrected chi connectivity index (χ0v) is 11.1. The van der Waals surface area contributed by atoms with Gasteiger partial charge in [-0.1, -0.05) is 12.1 Å². The van der Waals surface area contributed by atoms with Crippen LogP contribution < -0.4 is 4.74 Å². The van der Waals surface area contributed by atoms with Gasteiger partial charge in [-0.2, -0.15) is 0 Å². The molecular weight excluding hydrogens is 268 g/mol. The third-order valence-corrected chi connectivity index (χ3v) is 3.58. The van der Waals surface area contributed by atoms with Crippen LogP contribution in [0, 0.1) is 5.92 Å². The molecule has 2 rings (SSSR count). The van der Waals surface area contributed by atoms with Gasteiger partial charge in [0.1, 0.15) is 5.75 Å². The average Bonchev–Trinajstić information content (AvgIpc) is 2.87. The van der Waals surface area contributed by atoms with Crippen LogP contribution in [0.3, 0.4) is 0 Å². The van der Waals surface area contributed by atoms with E-state index in [-0.39, 0.29) is 23.7 Å². The van der Waals surface area contributed by atoms with Gasteiger partial charge in [-0.15, -0.1) is 11.6 Å². The molecule has 1 aliphatic rings. The highest BCUT2D eigenvalue weighted by Crippen LogP contribution is 2.30. The molecule has 1 N–H and O–H groups in total. The van der Waals surface area contributed by atoms with Crippen molar-refractivity contribution in [2.24, 2.45) is 5.92 Å². The van der Waals surface area contributed by atoms with Gasteiger partial charge in [-0.05, 0) is 31.4 Å². The van der Waals surface area contributed by atoms with Crippen molar-refractivity contribution in [3.8, 4) is 5.75 Å². The maximum atomic E-state index is 11.7. The summed E-state index contributed by atoms with van der Waals surface area (Å²) >= 11 is 5.56. The van der Waals surface area contributed by atoms with Gasteiger partial charge in [-0.3, -0.25) is 9.59 Å². The van der Waals surface area contributed by atoms with Crippen LogP contribution in [-0.2, 0) is 4.79 Å². The smallest absolute Gasteiger partial charge is 0.306 e. The van der Waals surface area contributed by atoms with Crippen LogP contribution in [0.5, 0.6) is 5.75 Å². The van der Waals surface area contributed by atoms with Crippen molar-refractivity contribution in [1.82, 2.24) is 0 Å². The second kappa shape index (κ2) is 6.06. The summed E-state index contributed by atoms with van der Waals surface area (Å²) in [5.74, 6) is -0.922. The molecule has 4 nitrogen and oxygen atoms in total. The minimum atomic E-state index is -0.781. The Morgan fingerprint density at radius 2 is 2.05 bits per heavy atom. The lowest BCUT2D eigenvalue weighted by atomic mass is 10.1. The largest absolute Gasteiger partial charge is 0.490 e. The predicted molar refractivity (Wildman–Crippen MR) is 70.9 cm³/mol. The summed E-state index contributed by atoms with van der Waals surface area (Å²) in [6.07, 6.45) is 1.65. The van der Waals surface area contributed by atoms with Crippen LogP contribution in [0.1, 0.15) is 29.6 Å². The number of ketones is 1. The monoisotopic (exact) mass is 282 g/mol. The number of Topliss-reactive ketones (excluding diaryl/α,β-unsaturated/α-hetero) is 1. The Hall–Kier alpha value is -1.55. The fourth-order valence-corrected chi connectivity index (χ4v) is 2.47. The zero-order chi connectivity index (χ0) is 13.8. The molecule has 0 saturated heterocycles. The molecule has 1 fully saturated rings. The summed E-state index contributed by atoms with van der Waals surface area (Å²) in [5.41, 5.74) is 0.455. The van der Waals surface area contributed by atoms with Crippen molar-refractivity contribution in [2.75, 3.05) is 5.88 Å². The number of para-hydroxylation sites is 1. The molecule has 102 valence electrons. The topological polar surface area (TPSA) is 63.6 Å². The van der Waals surface area contributed by atoms with Crippen LogP contribution in [-0.4, -0.2) is 28.8 Å². The van der Waals surface area contributed by atoms with E-state index >= 15 is 0 Å². The Bertz CT molecular complexity index is 486. The third kappa shape index (κ3) is 3.26. The first-order valence-electron chi connectivity index (χ1n) is 6.19. The Kier molecular flexibility index (Phi) is 4.43. The normalized spacial score (nSPS) is 22.2. The molecule has 19 heavy (non-hydrogen) atoms. The number of carboxylic acid groups (broad SMARTS) is 1. The number of alkyl halides is 1. The van der Waals surface area contributed by atoms with E-state index in [1.807, 2.05) is 0 Å².